The van der Waals surface area contributed by atoms with Crippen molar-refractivity contribution < 1.29 is 50.0 Å². The molecule has 24 heavy (non-hydrogen) atoms. The van der Waals surface area contributed by atoms with Gasteiger partial charge in [0.1, 0.15) is 41.8 Å². The van der Waals surface area contributed by atoms with Gasteiger partial charge in [0.25, 0.3) is 0 Å². The quantitative estimate of drug-likeness (QED) is 0.333. The molecule has 7 N–H and O–H groups in total. The molecule has 0 bridgehead atoms. The number of aromatic carboxylic acids is 1. The molecule has 1 aromatic carbocycles. The number of carboxylic acid groups (broad SMARTS) is 1. The maximum atomic E-state index is 11.3. The summed E-state index contributed by atoms with van der Waals surface area (Å²) >= 11 is 0. The van der Waals surface area contributed by atoms with Crippen molar-refractivity contribution in [2.45, 2.75) is 30.5 Å². The average Bonchev–Trinajstić information content (AvgIpc) is 2.54. The minimum absolute atomic E-state index is 0.293. The van der Waals surface area contributed by atoms with E-state index in [4.69, 9.17) is 14.6 Å². The number of phenols is 2. The first-order chi connectivity index (χ1) is 11.2. The molecule has 0 aliphatic carbocycles. The molecule has 1 fully saturated rings. The van der Waals surface area contributed by atoms with Gasteiger partial charge in [0.2, 0.25) is 0 Å². The first-order valence-corrected chi connectivity index (χ1v) is 6.91. The van der Waals surface area contributed by atoms with Crippen LogP contribution < -0.4 is 4.74 Å². The fourth-order valence-electron chi connectivity index (χ4n) is 2.59. The van der Waals surface area contributed by atoms with Gasteiger partial charge in [-0.3, -0.25) is 0 Å². The Kier molecular flexibility index (Phi) is 5.16. The zero-order valence-electron chi connectivity index (χ0n) is 12.5. The Morgan fingerprint density at radius 3 is 2.29 bits per heavy atom. The zero-order valence-corrected chi connectivity index (χ0v) is 12.5. The Morgan fingerprint density at radius 2 is 1.79 bits per heavy atom. The second-order valence-electron chi connectivity index (χ2n) is 5.29. The van der Waals surface area contributed by atoms with Crippen molar-refractivity contribution in [3.63, 3.8) is 0 Å². The molecule has 1 saturated heterocycles. The second kappa shape index (κ2) is 6.79. The first-order valence-electron chi connectivity index (χ1n) is 6.91. The van der Waals surface area contributed by atoms with E-state index in [0.717, 1.165) is 13.2 Å². The van der Waals surface area contributed by atoms with E-state index in [0.29, 0.717) is 0 Å². The van der Waals surface area contributed by atoms with Crippen molar-refractivity contribution in [3.05, 3.63) is 17.2 Å². The van der Waals surface area contributed by atoms with Crippen LogP contribution in [0.4, 0.5) is 0 Å². The van der Waals surface area contributed by atoms with Crippen molar-refractivity contribution in [1.82, 2.24) is 0 Å². The van der Waals surface area contributed by atoms with Gasteiger partial charge >= 0.3 is 5.97 Å². The average molecular weight is 346 g/mol. The summed E-state index contributed by atoms with van der Waals surface area (Å²) in [5.74, 6) is -3.69. The second-order valence-corrected chi connectivity index (χ2v) is 5.29. The minimum Gasteiger partial charge on any atom is -0.507 e. The molecular formula is C14H18O10. The molecule has 1 aliphatic rings. The van der Waals surface area contributed by atoms with E-state index < -0.39 is 60.2 Å². The van der Waals surface area contributed by atoms with Gasteiger partial charge < -0.3 is 45.2 Å². The summed E-state index contributed by atoms with van der Waals surface area (Å²) in [6, 6.07) is 1.03. The van der Waals surface area contributed by atoms with Crippen LogP contribution in [-0.2, 0) is 4.74 Å². The summed E-state index contributed by atoms with van der Waals surface area (Å²) in [6.07, 6.45) is -7.78. The predicted molar refractivity (Wildman–Crippen MR) is 76.0 cm³/mol. The molecule has 134 valence electrons. The molecule has 1 heterocycles. The summed E-state index contributed by atoms with van der Waals surface area (Å²) in [5, 5.41) is 68.0. The highest BCUT2D eigenvalue weighted by Gasteiger charge is 2.45. The lowest BCUT2D eigenvalue weighted by Gasteiger charge is -2.40. The van der Waals surface area contributed by atoms with Crippen molar-refractivity contribution in [1.29, 1.82) is 0 Å². The van der Waals surface area contributed by atoms with Crippen molar-refractivity contribution in [2.75, 3.05) is 13.7 Å². The van der Waals surface area contributed by atoms with Gasteiger partial charge in [-0.1, -0.05) is 0 Å². The van der Waals surface area contributed by atoms with Crippen molar-refractivity contribution in [3.8, 4) is 17.2 Å². The molecule has 0 amide bonds. The molecule has 0 unspecified atom stereocenters. The lowest BCUT2D eigenvalue weighted by molar-refractivity contribution is -0.232. The van der Waals surface area contributed by atoms with E-state index in [1.165, 1.54) is 0 Å². The van der Waals surface area contributed by atoms with Gasteiger partial charge in [0.05, 0.1) is 13.7 Å². The number of carboxylic acids is 1. The van der Waals surface area contributed by atoms with Gasteiger partial charge in [0.15, 0.2) is 11.5 Å². The van der Waals surface area contributed by atoms with Crippen LogP contribution in [0.5, 0.6) is 17.2 Å². The van der Waals surface area contributed by atoms with Crippen LogP contribution in [0.3, 0.4) is 0 Å². The molecule has 5 atom stereocenters. The Balaban J connectivity index is 2.58. The van der Waals surface area contributed by atoms with Crippen LogP contribution in [0.1, 0.15) is 22.0 Å². The van der Waals surface area contributed by atoms with E-state index in [2.05, 4.69) is 0 Å². The molecule has 0 aromatic heterocycles. The lowest BCUT2D eigenvalue weighted by Crippen LogP contribution is -2.55. The summed E-state index contributed by atoms with van der Waals surface area (Å²) in [7, 11) is 1.15. The number of aliphatic hydroxyl groups is 4. The molecule has 2 rings (SSSR count). The minimum atomic E-state index is -1.73. The van der Waals surface area contributed by atoms with E-state index in [-0.39, 0.29) is 11.3 Å². The highest BCUT2D eigenvalue weighted by atomic mass is 16.5. The third-order valence-electron chi connectivity index (χ3n) is 3.90. The fourth-order valence-corrected chi connectivity index (χ4v) is 2.59. The highest BCUT2D eigenvalue weighted by Crippen LogP contribution is 2.45. The molecule has 0 radical (unpaired) electrons. The zero-order chi connectivity index (χ0) is 18.2. The van der Waals surface area contributed by atoms with E-state index in [9.17, 15) is 35.4 Å². The van der Waals surface area contributed by atoms with Crippen LogP contribution in [0, 0.1) is 0 Å². The summed E-state index contributed by atoms with van der Waals surface area (Å²) in [4.78, 5) is 11.3. The number of hydrogen-bond donors (Lipinski definition) is 7. The number of ether oxygens (including phenoxy) is 2. The normalized spacial score (nSPS) is 30.1. The predicted octanol–water partition coefficient (Wildman–Crippen LogP) is -1.68. The molecule has 10 heteroatoms. The van der Waals surface area contributed by atoms with Gasteiger partial charge in [-0.2, -0.15) is 0 Å². The Morgan fingerprint density at radius 1 is 1.17 bits per heavy atom. The third kappa shape index (κ3) is 2.85. The maximum absolute atomic E-state index is 11.3. The highest BCUT2D eigenvalue weighted by molar-refractivity contribution is 5.95. The number of hydrogen-bond acceptors (Lipinski definition) is 9. The van der Waals surface area contributed by atoms with E-state index in [1.54, 1.807) is 0 Å². The number of rotatable bonds is 4. The van der Waals surface area contributed by atoms with Crippen molar-refractivity contribution >= 4 is 5.97 Å². The van der Waals surface area contributed by atoms with Crippen LogP contribution in [0.15, 0.2) is 6.07 Å². The monoisotopic (exact) mass is 346 g/mol. The van der Waals surface area contributed by atoms with Crippen LogP contribution in [-0.4, -0.2) is 79.8 Å². The smallest absolute Gasteiger partial charge is 0.343 e. The SMILES string of the molecule is COc1cc([C@@H]2O[C@H](CO)[C@@H](O)[C@H](O)[C@H]2O)c(O)c(C(=O)O)c1O. The molecule has 0 spiro atoms. The van der Waals surface area contributed by atoms with Crippen LogP contribution in [0.2, 0.25) is 0 Å². The maximum Gasteiger partial charge on any atom is 0.343 e. The summed E-state index contributed by atoms with van der Waals surface area (Å²) < 4.78 is 10.1. The topological polar surface area (TPSA) is 177 Å². The molecule has 1 aromatic rings. The number of aromatic hydroxyl groups is 2. The number of benzene rings is 1. The summed E-state index contributed by atoms with van der Waals surface area (Å²) in [6.45, 7) is -0.691. The molecule has 0 saturated carbocycles. The fraction of sp³-hybridized carbons (Fsp3) is 0.500. The summed E-state index contributed by atoms with van der Waals surface area (Å²) in [5.41, 5.74) is -1.17. The van der Waals surface area contributed by atoms with E-state index in [1.807, 2.05) is 0 Å². The van der Waals surface area contributed by atoms with Crippen LogP contribution in [0.25, 0.3) is 0 Å². The Hall–Kier alpha value is -2.11. The Bertz CT molecular complexity index is 628. The van der Waals surface area contributed by atoms with E-state index >= 15 is 0 Å². The number of aliphatic hydroxyl groups excluding tert-OH is 4. The molecular weight excluding hydrogens is 328 g/mol. The van der Waals surface area contributed by atoms with Gasteiger partial charge in [-0.25, -0.2) is 4.79 Å². The largest absolute Gasteiger partial charge is 0.507 e. The lowest BCUT2D eigenvalue weighted by atomic mass is 9.89. The molecule has 1 aliphatic heterocycles. The van der Waals surface area contributed by atoms with Gasteiger partial charge in [-0.15, -0.1) is 0 Å². The number of carbonyl (C=O) groups is 1. The third-order valence-corrected chi connectivity index (χ3v) is 3.90. The van der Waals surface area contributed by atoms with Gasteiger partial charge in [0, 0.05) is 5.56 Å². The number of methoxy groups -OCH3 is 1. The first kappa shape index (κ1) is 18.2. The van der Waals surface area contributed by atoms with Crippen LogP contribution >= 0.6 is 0 Å². The molecule has 10 nitrogen and oxygen atoms in total. The Labute approximate surface area is 135 Å². The van der Waals surface area contributed by atoms with Crippen molar-refractivity contribution in [2.24, 2.45) is 0 Å². The van der Waals surface area contributed by atoms with Gasteiger partial charge in [-0.05, 0) is 6.07 Å². The standard InChI is InChI=1S/C14H18O10/c1-23-5-2-4(8(16)7(9(5)17)14(21)22)13-12(20)11(19)10(18)6(3-15)24-13/h2,6,10-13,15-20H,3H2,1H3,(H,21,22)/t6-,10-,11+,12-,13+/m1/s1.